The van der Waals surface area contributed by atoms with E-state index in [1.807, 2.05) is 32.9 Å². The third kappa shape index (κ3) is 2.76. The second-order valence-corrected chi connectivity index (χ2v) is 5.82. The highest BCUT2D eigenvalue weighted by atomic mass is 32.2. The van der Waals surface area contributed by atoms with Crippen molar-refractivity contribution in [3.63, 3.8) is 0 Å². The van der Waals surface area contributed by atoms with Crippen molar-refractivity contribution < 1.29 is 9.59 Å². The van der Waals surface area contributed by atoms with Crippen LogP contribution in [0.1, 0.15) is 31.1 Å². The number of carbonyl (C=O) groups is 2. The molecule has 1 aromatic carbocycles. The number of carbonyl (C=O) groups excluding carboxylic acids is 2. The molecular formula is C14H18N2O2S. The normalized spacial score (nSPS) is 17.6. The molecule has 0 aliphatic carbocycles. The summed E-state index contributed by atoms with van der Waals surface area (Å²) in [7, 11) is 0. The maximum absolute atomic E-state index is 12.2. The largest absolute Gasteiger partial charge is 0.339 e. The Morgan fingerprint density at radius 2 is 2.05 bits per heavy atom. The Hall–Kier alpha value is -1.49. The summed E-state index contributed by atoms with van der Waals surface area (Å²) in [6.07, 6.45) is 0. The minimum atomic E-state index is -0.0863. The molecule has 1 atom stereocenters. The van der Waals surface area contributed by atoms with Gasteiger partial charge in [0.1, 0.15) is 0 Å². The molecule has 2 rings (SSSR count). The lowest BCUT2D eigenvalue weighted by molar-refractivity contribution is -0.115. The molecule has 0 aromatic heterocycles. The monoisotopic (exact) mass is 278 g/mol. The molecule has 0 bridgehead atoms. The highest BCUT2D eigenvalue weighted by Crippen LogP contribution is 2.36. The van der Waals surface area contributed by atoms with Crippen molar-refractivity contribution in [1.82, 2.24) is 4.90 Å². The SMILES string of the molecule is CCN(CC)C(=O)c1ccc2c(c1)NC(=O)C(C)S2. The molecule has 0 fully saturated rings. The van der Waals surface area contributed by atoms with E-state index in [0.717, 1.165) is 10.6 Å². The average molecular weight is 278 g/mol. The Balaban J connectivity index is 2.29. The molecule has 0 spiro atoms. The molecule has 0 saturated heterocycles. The van der Waals surface area contributed by atoms with Crippen LogP contribution in [0.3, 0.4) is 0 Å². The number of thioether (sulfide) groups is 1. The third-order valence-electron chi connectivity index (χ3n) is 3.21. The highest BCUT2D eigenvalue weighted by molar-refractivity contribution is 8.00. The summed E-state index contributed by atoms with van der Waals surface area (Å²) in [5.74, 6) is -0.00407. The van der Waals surface area contributed by atoms with Crippen LogP contribution in [-0.4, -0.2) is 35.1 Å². The second-order valence-electron chi connectivity index (χ2n) is 4.44. The summed E-state index contributed by atoms with van der Waals surface area (Å²) in [6, 6.07) is 5.51. The first kappa shape index (κ1) is 13.9. The quantitative estimate of drug-likeness (QED) is 0.924. The minimum absolute atomic E-state index is 0.00525. The fourth-order valence-corrected chi connectivity index (χ4v) is 2.97. The summed E-state index contributed by atoms with van der Waals surface area (Å²) in [5.41, 5.74) is 1.36. The van der Waals surface area contributed by atoms with Gasteiger partial charge in [-0.05, 0) is 39.0 Å². The molecule has 19 heavy (non-hydrogen) atoms. The lowest BCUT2D eigenvalue weighted by atomic mass is 10.1. The Bertz CT molecular complexity index is 512. The maximum Gasteiger partial charge on any atom is 0.253 e. The molecule has 0 saturated carbocycles. The van der Waals surface area contributed by atoms with Crippen LogP contribution in [0.5, 0.6) is 0 Å². The van der Waals surface area contributed by atoms with Crippen LogP contribution >= 0.6 is 11.8 Å². The van der Waals surface area contributed by atoms with Crippen molar-refractivity contribution in [3.8, 4) is 0 Å². The van der Waals surface area contributed by atoms with Gasteiger partial charge in [-0.25, -0.2) is 0 Å². The molecular weight excluding hydrogens is 260 g/mol. The van der Waals surface area contributed by atoms with Gasteiger partial charge < -0.3 is 10.2 Å². The number of hydrogen-bond acceptors (Lipinski definition) is 3. The highest BCUT2D eigenvalue weighted by Gasteiger charge is 2.24. The van der Waals surface area contributed by atoms with E-state index in [4.69, 9.17) is 0 Å². The van der Waals surface area contributed by atoms with Gasteiger partial charge in [-0.15, -0.1) is 11.8 Å². The van der Waals surface area contributed by atoms with Gasteiger partial charge in [-0.2, -0.15) is 0 Å². The predicted molar refractivity (Wildman–Crippen MR) is 77.6 cm³/mol. The van der Waals surface area contributed by atoms with E-state index in [0.29, 0.717) is 18.7 Å². The Morgan fingerprint density at radius 3 is 2.68 bits per heavy atom. The van der Waals surface area contributed by atoms with Gasteiger partial charge >= 0.3 is 0 Å². The predicted octanol–water partition coefficient (Wildman–Crippen LogP) is 2.60. The molecule has 1 N–H and O–H groups in total. The van der Waals surface area contributed by atoms with E-state index in [9.17, 15) is 9.59 Å². The van der Waals surface area contributed by atoms with Crippen LogP contribution in [0.2, 0.25) is 0 Å². The van der Waals surface area contributed by atoms with Crippen molar-refractivity contribution in [3.05, 3.63) is 23.8 Å². The maximum atomic E-state index is 12.2. The average Bonchev–Trinajstić information content (AvgIpc) is 2.41. The minimum Gasteiger partial charge on any atom is -0.339 e. The van der Waals surface area contributed by atoms with Crippen LogP contribution in [0.25, 0.3) is 0 Å². The van der Waals surface area contributed by atoms with Gasteiger partial charge in [0.15, 0.2) is 0 Å². The number of amides is 2. The summed E-state index contributed by atoms with van der Waals surface area (Å²) in [6.45, 7) is 7.16. The van der Waals surface area contributed by atoms with E-state index >= 15 is 0 Å². The summed E-state index contributed by atoms with van der Waals surface area (Å²) in [4.78, 5) is 26.7. The first-order chi connectivity index (χ1) is 9.06. The zero-order valence-electron chi connectivity index (χ0n) is 11.4. The third-order valence-corrected chi connectivity index (χ3v) is 4.39. The van der Waals surface area contributed by atoms with Crippen LogP contribution in [0.4, 0.5) is 5.69 Å². The molecule has 1 heterocycles. The number of benzene rings is 1. The van der Waals surface area contributed by atoms with Crippen LogP contribution in [0, 0.1) is 0 Å². The number of rotatable bonds is 3. The second kappa shape index (κ2) is 5.65. The van der Waals surface area contributed by atoms with Crippen molar-refractivity contribution >= 4 is 29.3 Å². The van der Waals surface area contributed by atoms with Crippen LogP contribution in [-0.2, 0) is 4.79 Å². The van der Waals surface area contributed by atoms with Gasteiger partial charge in [0, 0.05) is 23.5 Å². The van der Waals surface area contributed by atoms with E-state index in [1.54, 1.807) is 11.0 Å². The van der Waals surface area contributed by atoms with Crippen molar-refractivity contribution in [1.29, 1.82) is 0 Å². The van der Waals surface area contributed by atoms with Crippen molar-refractivity contribution in [2.24, 2.45) is 0 Å². The molecule has 4 nitrogen and oxygen atoms in total. The molecule has 1 aliphatic heterocycles. The van der Waals surface area contributed by atoms with Gasteiger partial charge in [0.05, 0.1) is 10.9 Å². The molecule has 1 aliphatic rings. The molecule has 1 unspecified atom stereocenters. The van der Waals surface area contributed by atoms with Gasteiger partial charge in [-0.3, -0.25) is 9.59 Å². The summed E-state index contributed by atoms with van der Waals surface area (Å²) >= 11 is 1.52. The Labute approximate surface area is 117 Å². The van der Waals surface area contributed by atoms with Gasteiger partial charge in [0.25, 0.3) is 5.91 Å². The lowest BCUT2D eigenvalue weighted by Gasteiger charge is -2.23. The van der Waals surface area contributed by atoms with Gasteiger partial charge in [-0.1, -0.05) is 0 Å². The number of anilines is 1. The van der Waals surface area contributed by atoms with Crippen molar-refractivity contribution in [2.45, 2.75) is 30.9 Å². The van der Waals surface area contributed by atoms with E-state index in [2.05, 4.69) is 5.32 Å². The van der Waals surface area contributed by atoms with Gasteiger partial charge in [0.2, 0.25) is 5.91 Å². The fraction of sp³-hybridized carbons (Fsp3) is 0.429. The summed E-state index contributed by atoms with van der Waals surface area (Å²) in [5, 5.41) is 2.76. The fourth-order valence-electron chi connectivity index (χ4n) is 2.04. The van der Waals surface area contributed by atoms with E-state index in [-0.39, 0.29) is 17.1 Å². The number of nitrogens with one attached hydrogen (secondary N) is 1. The van der Waals surface area contributed by atoms with Crippen LogP contribution < -0.4 is 5.32 Å². The molecule has 2 amide bonds. The molecule has 5 heteroatoms. The molecule has 1 aromatic rings. The number of nitrogens with zero attached hydrogens (tertiary/aromatic N) is 1. The summed E-state index contributed by atoms with van der Waals surface area (Å²) < 4.78 is 0. The van der Waals surface area contributed by atoms with Crippen LogP contribution in [0.15, 0.2) is 23.1 Å². The van der Waals surface area contributed by atoms with Crippen molar-refractivity contribution in [2.75, 3.05) is 18.4 Å². The van der Waals surface area contributed by atoms with E-state index < -0.39 is 0 Å². The first-order valence-corrected chi connectivity index (χ1v) is 7.35. The lowest BCUT2D eigenvalue weighted by Crippen LogP contribution is -2.31. The Morgan fingerprint density at radius 1 is 1.37 bits per heavy atom. The first-order valence-electron chi connectivity index (χ1n) is 6.47. The standard InChI is InChI=1S/C14H18N2O2S/c1-4-16(5-2)14(18)10-6-7-12-11(8-10)15-13(17)9(3)19-12/h6-9H,4-5H2,1-3H3,(H,15,17). The number of fused-ring (bicyclic) bond motifs is 1. The molecule has 102 valence electrons. The topological polar surface area (TPSA) is 49.4 Å². The zero-order valence-corrected chi connectivity index (χ0v) is 12.2. The Kier molecular flexibility index (Phi) is 4.14. The smallest absolute Gasteiger partial charge is 0.253 e. The molecule has 0 radical (unpaired) electrons. The number of hydrogen-bond donors (Lipinski definition) is 1. The zero-order chi connectivity index (χ0) is 14.0. The van der Waals surface area contributed by atoms with E-state index in [1.165, 1.54) is 11.8 Å².